The van der Waals surface area contributed by atoms with Crippen molar-refractivity contribution in [2.75, 3.05) is 41.4 Å². The molecule has 1 aliphatic carbocycles. The average molecular weight is 455 g/mol. The molecular formula is C24H27ClN4O3. The summed E-state index contributed by atoms with van der Waals surface area (Å²) in [6.07, 6.45) is 1.45. The minimum Gasteiger partial charge on any atom is -0.493 e. The third-order valence-corrected chi connectivity index (χ3v) is 5.79. The first-order valence-corrected chi connectivity index (χ1v) is 10.9. The van der Waals surface area contributed by atoms with E-state index in [4.69, 9.17) is 26.2 Å². The van der Waals surface area contributed by atoms with E-state index < -0.39 is 0 Å². The van der Waals surface area contributed by atoms with Crippen molar-refractivity contribution >= 4 is 17.5 Å². The Kier molecular flexibility index (Phi) is 6.39. The number of hydrogen-bond acceptors (Lipinski definition) is 5. The highest BCUT2D eigenvalue weighted by Gasteiger charge is 2.32. The molecule has 1 N–H and O–H groups in total. The molecule has 0 saturated carbocycles. The Morgan fingerprint density at radius 1 is 1.19 bits per heavy atom. The molecule has 0 fully saturated rings. The fraction of sp³-hybridized carbons (Fsp3) is 0.333. The van der Waals surface area contributed by atoms with Gasteiger partial charge in [-0.1, -0.05) is 17.7 Å². The number of nitrogens with zero attached hydrogens (tertiary/aromatic N) is 3. The second-order valence-corrected chi connectivity index (χ2v) is 8.46. The summed E-state index contributed by atoms with van der Waals surface area (Å²) in [5, 5.41) is 8.34. The predicted molar refractivity (Wildman–Crippen MR) is 125 cm³/mol. The lowest BCUT2D eigenvalue weighted by Gasteiger charge is -2.12. The average Bonchev–Trinajstić information content (AvgIpc) is 3.32. The second-order valence-electron chi connectivity index (χ2n) is 8.02. The number of amides is 1. The quantitative estimate of drug-likeness (QED) is 0.410. The molecule has 1 aromatic heterocycles. The van der Waals surface area contributed by atoms with Crippen LogP contribution in [0.4, 0.5) is 0 Å². The number of fused-ring (bicyclic) bond motifs is 3. The molecule has 1 aliphatic rings. The van der Waals surface area contributed by atoms with Gasteiger partial charge in [-0.05, 0) is 63.0 Å². The lowest BCUT2D eigenvalue weighted by Crippen LogP contribution is -2.28. The number of benzene rings is 2. The van der Waals surface area contributed by atoms with E-state index in [1.807, 2.05) is 50.5 Å². The maximum Gasteiger partial charge on any atom is 0.272 e. The van der Waals surface area contributed by atoms with Gasteiger partial charge in [0, 0.05) is 29.1 Å². The van der Waals surface area contributed by atoms with Crippen molar-refractivity contribution in [2.24, 2.45) is 0 Å². The van der Waals surface area contributed by atoms with Crippen LogP contribution in [0.1, 0.15) is 28.0 Å². The first-order valence-electron chi connectivity index (χ1n) is 10.5. The van der Waals surface area contributed by atoms with E-state index in [1.165, 1.54) is 0 Å². The van der Waals surface area contributed by atoms with Crippen LogP contribution in [0, 0.1) is 0 Å². The standard InChI is InChI=1S/C24H27ClN4O3/c1-28(2)10-6-9-26-24(30)22-19-11-15-12-20(31-3)21(32-4)14-18(15)23(19)29(27-22)17-8-5-7-16(25)13-17/h5,7-8,12-14H,6,9-11H2,1-4H3,(H,26,30). The Morgan fingerprint density at radius 2 is 1.94 bits per heavy atom. The molecule has 168 valence electrons. The monoisotopic (exact) mass is 454 g/mol. The summed E-state index contributed by atoms with van der Waals surface area (Å²) < 4.78 is 12.8. The van der Waals surface area contributed by atoms with Crippen LogP contribution in [0.25, 0.3) is 16.9 Å². The predicted octanol–water partition coefficient (Wildman–Crippen LogP) is 3.80. The maximum atomic E-state index is 13.1. The van der Waals surface area contributed by atoms with Crippen molar-refractivity contribution in [1.82, 2.24) is 20.0 Å². The summed E-state index contributed by atoms with van der Waals surface area (Å²) in [6.45, 7) is 1.49. The first-order chi connectivity index (χ1) is 15.4. The summed E-state index contributed by atoms with van der Waals surface area (Å²) in [4.78, 5) is 15.2. The zero-order valence-corrected chi connectivity index (χ0v) is 19.5. The highest BCUT2D eigenvalue weighted by atomic mass is 35.5. The molecule has 32 heavy (non-hydrogen) atoms. The van der Waals surface area contributed by atoms with E-state index in [9.17, 15) is 4.79 Å². The number of rotatable bonds is 8. The van der Waals surface area contributed by atoms with Gasteiger partial charge in [0.25, 0.3) is 5.91 Å². The van der Waals surface area contributed by atoms with Crippen LogP contribution in [-0.4, -0.2) is 62.0 Å². The summed E-state index contributed by atoms with van der Waals surface area (Å²) in [6, 6.07) is 11.4. The van der Waals surface area contributed by atoms with Crippen molar-refractivity contribution in [3.63, 3.8) is 0 Å². The lowest BCUT2D eigenvalue weighted by atomic mass is 10.1. The summed E-state index contributed by atoms with van der Waals surface area (Å²) >= 11 is 6.25. The van der Waals surface area contributed by atoms with E-state index in [-0.39, 0.29) is 5.91 Å². The minimum atomic E-state index is -0.174. The number of nitrogens with one attached hydrogen (secondary N) is 1. The van der Waals surface area contributed by atoms with Gasteiger partial charge in [-0.3, -0.25) is 4.79 Å². The van der Waals surface area contributed by atoms with Gasteiger partial charge >= 0.3 is 0 Å². The van der Waals surface area contributed by atoms with Crippen LogP contribution in [0.15, 0.2) is 36.4 Å². The molecular weight excluding hydrogens is 428 g/mol. The normalized spacial score (nSPS) is 11.9. The Bertz CT molecular complexity index is 1160. The van der Waals surface area contributed by atoms with Crippen molar-refractivity contribution in [3.05, 3.63) is 58.2 Å². The van der Waals surface area contributed by atoms with Gasteiger partial charge in [0.15, 0.2) is 17.2 Å². The summed E-state index contributed by atoms with van der Waals surface area (Å²) in [5.74, 6) is 1.12. The number of halogens is 1. The first kappa shape index (κ1) is 22.2. The van der Waals surface area contributed by atoms with Gasteiger partial charge in [0.2, 0.25) is 0 Å². The van der Waals surface area contributed by atoms with Crippen molar-refractivity contribution in [1.29, 1.82) is 0 Å². The lowest BCUT2D eigenvalue weighted by molar-refractivity contribution is 0.0946. The van der Waals surface area contributed by atoms with Crippen LogP contribution in [0.3, 0.4) is 0 Å². The van der Waals surface area contributed by atoms with E-state index in [2.05, 4.69) is 10.2 Å². The van der Waals surface area contributed by atoms with Gasteiger partial charge in [-0.15, -0.1) is 0 Å². The maximum absolute atomic E-state index is 13.1. The van der Waals surface area contributed by atoms with Crippen LogP contribution >= 0.6 is 11.6 Å². The zero-order valence-electron chi connectivity index (χ0n) is 18.7. The third kappa shape index (κ3) is 4.18. The summed E-state index contributed by atoms with van der Waals surface area (Å²) in [7, 11) is 7.26. The molecule has 0 unspecified atom stereocenters. The number of methoxy groups -OCH3 is 2. The van der Waals surface area contributed by atoms with Gasteiger partial charge in [-0.2, -0.15) is 5.10 Å². The fourth-order valence-corrected chi connectivity index (χ4v) is 4.22. The SMILES string of the molecule is COc1cc2c(cc1OC)-c1c(c(C(=O)NCCCN(C)C)nn1-c1cccc(Cl)c1)C2. The van der Waals surface area contributed by atoms with Crippen molar-refractivity contribution < 1.29 is 14.3 Å². The number of aromatic nitrogens is 2. The zero-order chi connectivity index (χ0) is 22.8. The molecule has 1 heterocycles. The van der Waals surface area contributed by atoms with Gasteiger partial charge in [0.05, 0.1) is 25.6 Å². The summed E-state index contributed by atoms with van der Waals surface area (Å²) in [5.41, 5.74) is 5.02. The van der Waals surface area contributed by atoms with Crippen LogP contribution in [0.2, 0.25) is 5.02 Å². The smallest absolute Gasteiger partial charge is 0.272 e. The molecule has 8 heteroatoms. The molecule has 4 rings (SSSR count). The fourth-order valence-electron chi connectivity index (χ4n) is 4.03. The number of hydrogen-bond donors (Lipinski definition) is 1. The topological polar surface area (TPSA) is 68.6 Å². The van der Waals surface area contributed by atoms with E-state index >= 15 is 0 Å². The Labute approximate surface area is 192 Å². The molecule has 0 radical (unpaired) electrons. The third-order valence-electron chi connectivity index (χ3n) is 5.55. The number of ether oxygens (including phenoxy) is 2. The Balaban J connectivity index is 1.77. The highest BCUT2D eigenvalue weighted by molar-refractivity contribution is 6.30. The highest BCUT2D eigenvalue weighted by Crippen LogP contribution is 2.44. The molecule has 7 nitrogen and oxygen atoms in total. The molecule has 1 amide bonds. The molecule has 0 saturated heterocycles. The Morgan fingerprint density at radius 3 is 2.62 bits per heavy atom. The molecule has 0 atom stereocenters. The van der Waals surface area contributed by atoms with Crippen molar-refractivity contribution in [3.8, 4) is 28.4 Å². The van der Waals surface area contributed by atoms with E-state index in [1.54, 1.807) is 18.9 Å². The number of carbonyl (C=O) groups is 1. The minimum absolute atomic E-state index is 0.174. The van der Waals surface area contributed by atoms with Crippen LogP contribution < -0.4 is 14.8 Å². The van der Waals surface area contributed by atoms with Crippen LogP contribution in [0.5, 0.6) is 11.5 Å². The van der Waals surface area contributed by atoms with Crippen molar-refractivity contribution in [2.45, 2.75) is 12.8 Å². The van der Waals surface area contributed by atoms with Gasteiger partial charge in [-0.25, -0.2) is 4.68 Å². The van der Waals surface area contributed by atoms with Gasteiger partial charge in [0.1, 0.15) is 0 Å². The molecule has 0 aliphatic heterocycles. The van der Waals surface area contributed by atoms with Crippen LogP contribution in [-0.2, 0) is 6.42 Å². The van der Waals surface area contributed by atoms with E-state index in [0.717, 1.165) is 41.0 Å². The molecule has 0 spiro atoms. The molecule has 0 bridgehead atoms. The Hall–Kier alpha value is -3.03. The second kappa shape index (κ2) is 9.22. The van der Waals surface area contributed by atoms with E-state index in [0.29, 0.717) is 35.2 Å². The number of carbonyl (C=O) groups excluding carboxylic acids is 1. The molecule has 2 aromatic carbocycles. The van der Waals surface area contributed by atoms with Gasteiger partial charge < -0.3 is 19.7 Å². The molecule has 3 aromatic rings. The largest absolute Gasteiger partial charge is 0.493 e.